The van der Waals surface area contributed by atoms with Gasteiger partial charge in [-0.1, -0.05) is 6.92 Å². The molecule has 4 nitrogen and oxygen atoms in total. The Morgan fingerprint density at radius 1 is 1.27 bits per heavy atom. The number of hydrogen-bond donors (Lipinski definition) is 0. The van der Waals surface area contributed by atoms with Crippen molar-refractivity contribution >= 4 is 11.9 Å². The van der Waals surface area contributed by atoms with E-state index >= 15 is 0 Å². The van der Waals surface area contributed by atoms with E-state index < -0.39 is 0 Å². The summed E-state index contributed by atoms with van der Waals surface area (Å²) >= 11 is 0. The summed E-state index contributed by atoms with van der Waals surface area (Å²) in [6.45, 7) is 7.91. The predicted octanol–water partition coefficient (Wildman–Crippen LogP) is 1.59. The molecule has 0 heterocycles. The summed E-state index contributed by atoms with van der Waals surface area (Å²) in [5.74, 6) is -0.323. The zero-order valence-corrected chi connectivity index (χ0v) is 10.1. The summed E-state index contributed by atoms with van der Waals surface area (Å²) < 4.78 is 4.82. The number of carbonyl (C=O) groups is 2. The van der Waals surface area contributed by atoms with Gasteiger partial charge in [0.05, 0.1) is 6.61 Å². The quantitative estimate of drug-likeness (QED) is 0.632. The number of carbonyl (C=O) groups excluding carboxylic acids is 2. The Labute approximate surface area is 91.6 Å². The highest BCUT2D eigenvalue weighted by Crippen LogP contribution is 2.03. The monoisotopic (exact) mass is 215 g/mol. The number of rotatable bonds is 6. The molecule has 0 saturated heterocycles. The van der Waals surface area contributed by atoms with Crippen molar-refractivity contribution in [3.63, 3.8) is 0 Å². The van der Waals surface area contributed by atoms with Crippen molar-refractivity contribution in [3.05, 3.63) is 0 Å². The van der Waals surface area contributed by atoms with Crippen LogP contribution in [0.5, 0.6) is 0 Å². The van der Waals surface area contributed by atoms with Gasteiger partial charge in [0.25, 0.3) is 0 Å². The molecule has 0 aliphatic heterocycles. The maximum atomic E-state index is 11.6. The molecule has 0 aromatic carbocycles. The smallest absolute Gasteiger partial charge is 0.325 e. The second kappa shape index (κ2) is 7.26. The first-order chi connectivity index (χ1) is 7.02. The molecule has 4 heteroatoms. The molecule has 0 unspecified atom stereocenters. The second-order valence-corrected chi connectivity index (χ2v) is 3.67. The van der Waals surface area contributed by atoms with E-state index in [2.05, 4.69) is 0 Å². The number of ether oxygens (including phenoxy) is 1. The van der Waals surface area contributed by atoms with Crippen LogP contribution in [0.4, 0.5) is 0 Å². The summed E-state index contributed by atoms with van der Waals surface area (Å²) in [6.07, 6.45) is 1.28. The average molecular weight is 215 g/mol. The molecule has 0 atom stereocenters. The van der Waals surface area contributed by atoms with E-state index in [9.17, 15) is 9.59 Å². The van der Waals surface area contributed by atoms with Crippen LogP contribution in [0.15, 0.2) is 0 Å². The van der Waals surface area contributed by atoms with Crippen LogP contribution in [0.2, 0.25) is 0 Å². The summed E-state index contributed by atoms with van der Waals surface area (Å²) in [4.78, 5) is 24.5. The van der Waals surface area contributed by atoms with Gasteiger partial charge in [-0.15, -0.1) is 0 Å². The Bertz CT molecular complexity index is 214. The first kappa shape index (κ1) is 13.9. The van der Waals surface area contributed by atoms with Crippen LogP contribution in [0.3, 0.4) is 0 Å². The van der Waals surface area contributed by atoms with E-state index in [0.29, 0.717) is 13.0 Å². The van der Waals surface area contributed by atoms with Crippen molar-refractivity contribution in [1.82, 2.24) is 4.90 Å². The zero-order chi connectivity index (χ0) is 11.8. The largest absolute Gasteiger partial charge is 0.465 e. The third kappa shape index (κ3) is 5.40. The Morgan fingerprint density at radius 2 is 1.87 bits per heavy atom. The fraction of sp³-hybridized carbons (Fsp3) is 0.818. The van der Waals surface area contributed by atoms with Gasteiger partial charge in [0, 0.05) is 12.5 Å². The van der Waals surface area contributed by atoms with Crippen LogP contribution in [-0.4, -0.2) is 36.0 Å². The third-order valence-electron chi connectivity index (χ3n) is 2.01. The van der Waals surface area contributed by atoms with Crippen molar-refractivity contribution in [1.29, 1.82) is 0 Å². The molecule has 0 radical (unpaired) electrons. The van der Waals surface area contributed by atoms with Crippen molar-refractivity contribution < 1.29 is 14.3 Å². The fourth-order valence-electron chi connectivity index (χ4n) is 1.26. The molecule has 0 spiro atoms. The summed E-state index contributed by atoms with van der Waals surface area (Å²) in [5, 5.41) is 0. The number of esters is 1. The molecular formula is C11H21NO3. The minimum absolute atomic E-state index is 0.0144. The van der Waals surface area contributed by atoms with Gasteiger partial charge in [0.2, 0.25) is 5.91 Å². The molecule has 0 saturated carbocycles. The van der Waals surface area contributed by atoms with Crippen LogP contribution in [0.1, 0.15) is 40.5 Å². The number of nitrogens with zero attached hydrogens (tertiary/aromatic N) is 1. The molecule has 0 aliphatic rings. The zero-order valence-electron chi connectivity index (χ0n) is 10.1. The van der Waals surface area contributed by atoms with E-state index in [1.165, 1.54) is 0 Å². The van der Waals surface area contributed by atoms with E-state index in [1.807, 2.05) is 20.8 Å². The van der Waals surface area contributed by atoms with E-state index in [1.54, 1.807) is 11.8 Å². The lowest BCUT2D eigenvalue weighted by Gasteiger charge is -2.25. The van der Waals surface area contributed by atoms with Crippen LogP contribution in [-0.2, 0) is 14.3 Å². The molecule has 0 rings (SSSR count). The topological polar surface area (TPSA) is 46.6 Å². The van der Waals surface area contributed by atoms with Gasteiger partial charge in [-0.25, -0.2) is 0 Å². The number of amides is 1. The molecule has 1 amide bonds. The standard InChI is InChI=1S/C11H21NO3/c1-5-7-10(13)12(9(3)4)8-11(14)15-6-2/h9H,5-8H2,1-4H3. The van der Waals surface area contributed by atoms with Gasteiger partial charge < -0.3 is 9.64 Å². The molecule has 0 aromatic heterocycles. The lowest BCUT2D eigenvalue weighted by atomic mass is 10.2. The molecular weight excluding hydrogens is 194 g/mol. The minimum Gasteiger partial charge on any atom is -0.465 e. The Morgan fingerprint density at radius 3 is 2.27 bits per heavy atom. The van der Waals surface area contributed by atoms with Gasteiger partial charge in [0.15, 0.2) is 0 Å². The first-order valence-corrected chi connectivity index (χ1v) is 5.48. The van der Waals surface area contributed by atoms with Crippen molar-refractivity contribution in [2.75, 3.05) is 13.2 Å². The van der Waals surface area contributed by atoms with Gasteiger partial charge in [0.1, 0.15) is 6.54 Å². The maximum absolute atomic E-state index is 11.6. The normalized spacial score (nSPS) is 10.2. The highest BCUT2D eigenvalue weighted by molar-refractivity contribution is 5.82. The molecule has 88 valence electrons. The summed E-state index contributed by atoms with van der Waals surface area (Å²) in [6, 6.07) is 0.0356. The SMILES string of the molecule is CCCC(=O)N(CC(=O)OCC)C(C)C. The number of hydrogen-bond acceptors (Lipinski definition) is 3. The fourth-order valence-corrected chi connectivity index (χ4v) is 1.26. The third-order valence-corrected chi connectivity index (χ3v) is 2.01. The second-order valence-electron chi connectivity index (χ2n) is 3.67. The van der Waals surface area contributed by atoms with E-state index in [-0.39, 0.29) is 24.5 Å². The molecule has 0 bridgehead atoms. The van der Waals surface area contributed by atoms with Crippen LogP contribution in [0.25, 0.3) is 0 Å². The molecule has 0 N–H and O–H groups in total. The average Bonchev–Trinajstić information content (AvgIpc) is 2.14. The minimum atomic E-state index is -0.337. The van der Waals surface area contributed by atoms with Gasteiger partial charge >= 0.3 is 5.97 Å². The predicted molar refractivity (Wildman–Crippen MR) is 58.4 cm³/mol. The highest BCUT2D eigenvalue weighted by atomic mass is 16.5. The lowest BCUT2D eigenvalue weighted by molar-refractivity contribution is -0.150. The summed E-state index contributed by atoms with van der Waals surface area (Å²) in [7, 11) is 0. The first-order valence-electron chi connectivity index (χ1n) is 5.48. The van der Waals surface area contributed by atoms with Gasteiger partial charge in [-0.3, -0.25) is 9.59 Å². The molecule has 0 aromatic rings. The highest BCUT2D eigenvalue weighted by Gasteiger charge is 2.19. The van der Waals surface area contributed by atoms with Crippen LogP contribution < -0.4 is 0 Å². The van der Waals surface area contributed by atoms with Crippen molar-refractivity contribution in [3.8, 4) is 0 Å². The molecule has 0 aliphatic carbocycles. The lowest BCUT2D eigenvalue weighted by Crippen LogP contribution is -2.41. The van der Waals surface area contributed by atoms with Crippen molar-refractivity contribution in [2.24, 2.45) is 0 Å². The molecule has 15 heavy (non-hydrogen) atoms. The van der Waals surface area contributed by atoms with E-state index in [0.717, 1.165) is 6.42 Å². The summed E-state index contributed by atoms with van der Waals surface area (Å²) in [5.41, 5.74) is 0. The molecule has 0 fully saturated rings. The van der Waals surface area contributed by atoms with Gasteiger partial charge in [-0.2, -0.15) is 0 Å². The Hall–Kier alpha value is -1.06. The Kier molecular flexibility index (Phi) is 6.75. The van der Waals surface area contributed by atoms with Crippen molar-refractivity contribution in [2.45, 2.75) is 46.6 Å². The Balaban J connectivity index is 4.27. The van der Waals surface area contributed by atoms with Crippen LogP contribution in [0, 0.1) is 0 Å². The maximum Gasteiger partial charge on any atom is 0.325 e. The van der Waals surface area contributed by atoms with Gasteiger partial charge in [-0.05, 0) is 27.2 Å². The van der Waals surface area contributed by atoms with E-state index in [4.69, 9.17) is 4.74 Å². The van der Waals surface area contributed by atoms with Crippen LogP contribution >= 0.6 is 0 Å².